The molecule has 0 aromatic carbocycles. The van der Waals surface area contributed by atoms with Crippen molar-refractivity contribution in [2.24, 2.45) is 5.92 Å². The fourth-order valence-corrected chi connectivity index (χ4v) is 3.09. The van der Waals surface area contributed by atoms with Crippen molar-refractivity contribution < 1.29 is 4.79 Å². The van der Waals surface area contributed by atoms with Crippen molar-refractivity contribution in [2.45, 2.75) is 32.1 Å². The summed E-state index contributed by atoms with van der Waals surface area (Å²) in [5.41, 5.74) is 0. The summed E-state index contributed by atoms with van der Waals surface area (Å²) in [6.07, 6.45) is 5.66. The van der Waals surface area contributed by atoms with E-state index >= 15 is 0 Å². The summed E-state index contributed by atoms with van der Waals surface area (Å²) in [6, 6.07) is 0. The number of carbonyl (C=O) groups is 1. The highest BCUT2D eigenvalue weighted by atomic mass is 16.2. The van der Waals surface area contributed by atoms with Gasteiger partial charge in [-0.2, -0.15) is 0 Å². The Morgan fingerprint density at radius 1 is 1.17 bits per heavy atom. The highest BCUT2D eigenvalue weighted by molar-refractivity contribution is 5.76. The van der Waals surface area contributed by atoms with E-state index in [-0.39, 0.29) is 0 Å². The van der Waals surface area contributed by atoms with Gasteiger partial charge in [0.15, 0.2) is 0 Å². The Labute approximate surface area is 111 Å². The monoisotopic (exact) mass is 253 g/mol. The Morgan fingerprint density at radius 3 is 2.44 bits per heavy atom. The molecule has 0 aromatic heterocycles. The largest absolute Gasteiger partial charge is 0.343 e. The van der Waals surface area contributed by atoms with E-state index in [4.69, 9.17) is 0 Å². The van der Waals surface area contributed by atoms with Crippen LogP contribution in [0.5, 0.6) is 0 Å². The fourth-order valence-electron chi connectivity index (χ4n) is 3.09. The predicted octanol–water partition coefficient (Wildman–Crippen LogP) is 0.930. The quantitative estimate of drug-likeness (QED) is 0.792. The van der Waals surface area contributed by atoms with Gasteiger partial charge >= 0.3 is 0 Å². The second kappa shape index (κ2) is 7.10. The summed E-state index contributed by atoms with van der Waals surface area (Å²) in [6.45, 7) is 6.37. The molecule has 0 atom stereocenters. The van der Waals surface area contributed by atoms with Crippen LogP contribution in [0.25, 0.3) is 0 Å². The Kier molecular flexibility index (Phi) is 5.45. The van der Waals surface area contributed by atoms with E-state index in [9.17, 15) is 4.79 Å². The molecule has 2 saturated heterocycles. The van der Waals surface area contributed by atoms with Crippen LogP contribution in [-0.4, -0.2) is 62.0 Å². The highest BCUT2D eigenvalue weighted by Crippen LogP contribution is 2.17. The zero-order valence-electron chi connectivity index (χ0n) is 11.7. The molecular weight excluding hydrogens is 226 g/mol. The summed E-state index contributed by atoms with van der Waals surface area (Å²) >= 11 is 0. The molecule has 2 rings (SSSR count). The zero-order valence-corrected chi connectivity index (χ0v) is 11.7. The minimum Gasteiger partial charge on any atom is -0.343 e. The molecule has 0 aliphatic carbocycles. The SMILES string of the molecule is CNCC1CCN(C(=O)CCN2CCCC2)CC1. The van der Waals surface area contributed by atoms with E-state index in [0.717, 1.165) is 51.4 Å². The lowest BCUT2D eigenvalue weighted by Crippen LogP contribution is -2.41. The maximum absolute atomic E-state index is 12.1. The minimum absolute atomic E-state index is 0.366. The normalized spacial score (nSPS) is 22.6. The second-order valence-electron chi connectivity index (χ2n) is 5.68. The summed E-state index contributed by atoms with van der Waals surface area (Å²) in [5, 5.41) is 3.23. The smallest absolute Gasteiger partial charge is 0.223 e. The molecule has 0 bridgehead atoms. The number of nitrogens with one attached hydrogen (secondary N) is 1. The van der Waals surface area contributed by atoms with Gasteiger partial charge in [0.1, 0.15) is 0 Å². The van der Waals surface area contributed by atoms with Crippen LogP contribution in [0.2, 0.25) is 0 Å². The molecule has 2 aliphatic heterocycles. The number of hydrogen-bond donors (Lipinski definition) is 1. The highest BCUT2D eigenvalue weighted by Gasteiger charge is 2.22. The third-order valence-electron chi connectivity index (χ3n) is 4.30. The zero-order chi connectivity index (χ0) is 12.8. The first-order valence-corrected chi connectivity index (χ1v) is 7.44. The lowest BCUT2D eigenvalue weighted by Gasteiger charge is -2.32. The van der Waals surface area contributed by atoms with E-state index in [1.54, 1.807) is 0 Å². The van der Waals surface area contributed by atoms with Crippen LogP contribution in [0.15, 0.2) is 0 Å². The van der Waals surface area contributed by atoms with Gasteiger partial charge in [-0.15, -0.1) is 0 Å². The van der Waals surface area contributed by atoms with Gasteiger partial charge in [-0.3, -0.25) is 4.79 Å². The molecule has 104 valence electrons. The van der Waals surface area contributed by atoms with Gasteiger partial charge in [-0.25, -0.2) is 0 Å². The number of nitrogens with zero attached hydrogens (tertiary/aromatic N) is 2. The van der Waals surface area contributed by atoms with Gasteiger partial charge in [-0.05, 0) is 58.3 Å². The molecular formula is C14H27N3O. The molecule has 0 radical (unpaired) electrons. The van der Waals surface area contributed by atoms with Gasteiger partial charge < -0.3 is 15.1 Å². The molecule has 1 N–H and O–H groups in total. The lowest BCUT2D eigenvalue weighted by molar-refractivity contribution is -0.132. The van der Waals surface area contributed by atoms with Gasteiger partial charge in [0, 0.05) is 26.1 Å². The van der Waals surface area contributed by atoms with Crippen LogP contribution in [0.3, 0.4) is 0 Å². The van der Waals surface area contributed by atoms with E-state index in [0.29, 0.717) is 5.91 Å². The number of rotatable bonds is 5. The Morgan fingerprint density at radius 2 is 1.83 bits per heavy atom. The van der Waals surface area contributed by atoms with Crippen LogP contribution in [0, 0.1) is 5.92 Å². The maximum Gasteiger partial charge on any atom is 0.223 e. The molecule has 4 nitrogen and oxygen atoms in total. The van der Waals surface area contributed by atoms with Crippen molar-refractivity contribution in [3.63, 3.8) is 0 Å². The van der Waals surface area contributed by atoms with E-state index in [1.807, 2.05) is 7.05 Å². The third kappa shape index (κ3) is 3.95. The molecule has 2 heterocycles. The Balaban J connectivity index is 1.64. The van der Waals surface area contributed by atoms with Gasteiger partial charge in [0.05, 0.1) is 0 Å². The first kappa shape index (κ1) is 13.8. The number of carbonyl (C=O) groups excluding carboxylic acids is 1. The average molecular weight is 253 g/mol. The predicted molar refractivity (Wildman–Crippen MR) is 73.5 cm³/mol. The summed E-state index contributed by atoms with van der Waals surface area (Å²) in [5.74, 6) is 1.13. The van der Waals surface area contributed by atoms with Gasteiger partial charge in [-0.1, -0.05) is 0 Å². The van der Waals surface area contributed by atoms with Crippen LogP contribution in [0.1, 0.15) is 32.1 Å². The number of likely N-dealkylation sites (tertiary alicyclic amines) is 2. The first-order chi connectivity index (χ1) is 8.79. The molecule has 18 heavy (non-hydrogen) atoms. The van der Waals surface area contributed by atoms with E-state index < -0.39 is 0 Å². The Bertz CT molecular complexity index is 256. The number of piperidine rings is 1. The van der Waals surface area contributed by atoms with Crippen molar-refractivity contribution in [1.29, 1.82) is 0 Å². The van der Waals surface area contributed by atoms with Crippen molar-refractivity contribution in [1.82, 2.24) is 15.1 Å². The second-order valence-corrected chi connectivity index (χ2v) is 5.68. The fraction of sp³-hybridized carbons (Fsp3) is 0.929. The lowest BCUT2D eigenvalue weighted by atomic mass is 9.96. The number of hydrogen-bond acceptors (Lipinski definition) is 3. The van der Waals surface area contributed by atoms with E-state index in [1.165, 1.54) is 25.9 Å². The van der Waals surface area contributed by atoms with Crippen molar-refractivity contribution in [2.75, 3.05) is 46.3 Å². The van der Waals surface area contributed by atoms with Crippen LogP contribution in [0.4, 0.5) is 0 Å². The molecule has 0 spiro atoms. The summed E-state index contributed by atoms with van der Waals surface area (Å²) in [4.78, 5) is 16.6. The van der Waals surface area contributed by atoms with Gasteiger partial charge in [0.25, 0.3) is 0 Å². The standard InChI is InChI=1S/C14H27N3O/c1-15-12-13-4-10-17(11-5-13)14(18)6-9-16-7-2-3-8-16/h13,15H,2-12H2,1H3. The molecule has 0 unspecified atom stereocenters. The van der Waals surface area contributed by atoms with Crippen molar-refractivity contribution >= 4 is 5.91 Å². The Hall–Kier alpha value is -0.610. The number of amides is 1. The van der Waals surface area contributed by atoms with Crippen molar-refractivity contribution in [3.8, 4) is 0 Å². The molecule has 2 fully saturated rings. The van der Waals surface area contributed by atoms with Crippen molar-refractivity contribution in [3.05, 3.63) is 0 Å². The van der Waals surface area contributed by atoms with Crippen LogP contribution in [-0.2, 0) is 4.79 Å². The molecule has 1 amide bonds. The summed E-state index contributed by atoms with van der Waals surface area (Å²) in [7, 11) is 2.01. The van der Waals surface area contributed by atoms with E-state index in [2.05, 4.69) is 15.1 Å². The molecule has 4 heteroatoms. The first-order valence-electron chi connectivity index (χ1n) is 7.44. The topological polar surface area (TPSA) is 35.6 Å². The molecule has 0 aromatic rings. The molecule has 2 aliphatic rings. The third-order valence-corrected chi connectivity index (χ3v) is 4.30. The minimum atomic E-state index is 0.366. The maximum atomic E-state index is 12.1. The van der Waals surface area contributed by atoms with Crippen LogP contribution >= 0.6 is 0 Å². The van der Waals surface area contributed by atoms with Crippen LogP contribution < -0.4 is 5.32 Å². The average Bonchev–Trinajstić information content (AvgIpc) is 2.90. The van der Waals surface area contributed by atoms with Gasteiger partial charge in [0.2, 0.25) is 5.91 Å². The molecule has 0 saturated carbocycles. The summed E-state index contributed by atoms with van der Waals surface area (Å²) < 4.78 is 0.